The zero-order valence-electron chi connectivity index (χ0n) is 7.52. The van der Waals surface area contributed by atoms with Gasteiger partial charge in [0.2, 0.25) is 5.91 Å². The highest BCUT2D eigenvalue weighted by Crippen LogP contribution is 2.10. The number of hydrogen-bond acceptors (Lipinski definition) is 5. The van der Waals surface area contributed by atoms with Crippen LogP contribution < -0.4 is 11.1 Å². The largest absolute Gasteiger partial charge is 0.320 e. The monoisotopic (exact) mass is 200 g/mol. The van der Waals surface area contributed by atoms with Crippen molar-refractivity contribution in [1.29, 1.82) is 0 Å². The zero-order chi connectivity index (χ0) is 9.84. The number of nitrogens with two attached hydrogens (primary N) is 1. The Hall–Kier alpha value is -1.01. The van der Waals surface area contributed by atoms with Crippen molar-refractivity contribution in [2.75, 3.05) is 5.32 Å². The molecule has 0 spiro atoms. The topological polar surface area (TPSA) is 80.9 Å². The van der Waals surface area contributed by atoms with Gasteiger partial charge in [0.25, 0.3) is 0 Å². The average molecular weight is 200 g/mol. The maximum atomic E-state index is 11.4. The Morgan fingerprint density at radius 3 is 2.85 bits per heavy atom. The minimum Gasteiger partial charge on any atom is -0.320 e. The molecule has 0 aliphatic heterocycles. The van der Waals surface area contributed by atoms with Crippen LogP contribution in [0.15, 0.2) is 6.20 Å². The summed E-state index contributed by atoms with van der Waals surface area (Å²) in [6.45, 7) is 3.80. The molecule has 0 aliphatic carbocycles. The van der Waals surface area contributed by atoms with Crippen molar-refractivity contribution in [3.05, 3.63) is 6.20 Å². The molecule has 13 heavy (non-hydrogen) atoms. The van der Waals surface area contributed by atoms with Crippen LogP contribution in [0.1, 0.15) is 13.8 Å². The number of amides is 1. The summed E-state index contributed by atoms with van der Waals surface area (Å²) in [7, 11) is 0. The maximum Gasteiger partial charge on any atom is 0.242 e. The Balaban J connectivity index is 2.51. The van der Waals surface area contributed by atoms with E-state index in [1.165, 1.54) is 6.20 Å². The van der Waals surface area contributed by atoms with Gasteiger partial charge in [-0.05, 0) is 5.92 Å². The number of hydrogen-bond donors (Lipinski definition) is 2. The lowest BCUT2D eigenvalue weighted by Gasteiger charge is -2.13. The fourth-order valence-corrected chi connectivity index (χ4v) is 1.15. The molecule has 1 heterocycles. The third-order valence-electron chi connectivity index (χ3n) is 1.63. The number of nitrogens with one attached hydrogen (secondary N) is 1. The molecular formula is C7H12N4OS. The molecule has 3 N–H and O–H groups in total. The molecule has 1 atom stereocenters. The lowest BCUT2D eigenvalue weighted by atomic mass is 10.1. The Morgan fingerprint density at radius 2 is 2.38 bits per heavy atom. The lowest BCUT2D eigenvalue weighted by molar-refractivity contribution is -0.118. The van der Waals surface area contributed by atoms with Gasteiger partial charge in [0.15, 0.2) is 0 Å². The van der Waals surface area contributed by atoms with E-state index >= 15 is 0 Å². The lowest BCUT2D eigenvalue weighted by Crippen LogP contribution is -2.39. The number of carbonyl (C=O) groups excluding carboxylic acids is 1. The second kappa shape index (κ2) is 4.29. The predicted octanol–water partition coefficient (Wildman–Crippen LogP) is 0.460. The molecule has 6 heteroatoms. The highest BCUT2D eigenvalue weighted by Gasteiger charge is 2.17. The van der Waals surface area contributed by atoms with Gasteiger partial charge < -0.3 is 11.1 Å². The van der Waals surface area contributed by atoms with E-state index in [4.69, 9.17) is 5.73 Å². The SMILES string of the molecule is CC(C)[C@H](N)C(=O)Nc1cnns1. The van der Waals surface area contributed by atoms with E-state index in [-0.39, 0.29) is 11.8 Å². The molecule has 0 aliphatic rings. The molecule has 1 rings (SSSR count). The first-order chi connectivity index (χ1) is 6.11. The van der Waals surface area contributed by atoms with Crippen molar-refractivity contribution in [2.45, 2.75) is 19.9 Å². The van der Waals surface area contributed by atoms with Gasteiger partial charge in [0.05, 0.1) is 12.2 Å². The molecule has 0 saturated carbocycles. The number of anilines is 1. The standard InChI is InChI=1S/C7H12N4OS/c1-4(2)6(8)7(12)10-5-3-9-11-13-5/h3-4,6H,8H2,1-2H3,(H,10,12)/t6-/m0/s1. The van der Waals surface area contributed by atoms with Crippen LogP contribution >= 0.6 is 11.5 Å². The second-order valence-electron chi connectivity index (χ2n) is 3.04. The summed E-state index contributed by atoms with van der Waals surface area (Å²) in [5, 5.41) is 6.85. The van der Waals surface area contributed by atoms with Crippen LogP contribution in [0.3, 0.4) is 0 Å². The van der Waals surface area contributed by atoms with E-state index < -0.39 is 6.04 Å². The molecule has 1 aromatic rings. The minimum atomic E-state index is -0.484. The molecule has 72 valence electrons. The maximum absolute atomic E-state index is 11.4. The molecule has 1 aromatic heterocycles. The molecule has 0 saturated heterocycles. The van der Waals surface area contributed by atoms with E-state index in [1.54, 1.807) is 0 Å². The molecule has 5 nitrogen and oxygen atoms in total. The van der Waals surface area contributed by atoms with E-state index in [0.29, 0.717) is 5.00 Å². The van der Waals surface area contributed by atoms with E-state index in [2.05, 4.69) is 14.9 Å². The first-order valence-electron chi connectivity index (χ1n) is 3.95. The number of rotatable bonds is 3. The van der Waals surface area contributed by atoms with Crippen LogP contribution in [0, 0.1) is 5.92 Å². The van der Waals surface area contributed by atoms with Crippen LogP contribution in [0.5, 0.6) is 0 Å². The van der Waals surface area contributed by atoms with Gasteiger partial charge in [-0.3, -0.25) is 4.79 Å². The normalized spacial score (nSPS) is 12.9. The van der Waals surface area contributed by atoms with Gasteiger partial charge >= 0.3 is 0 Å². The van der Waals surface area contributed by atoms with Crippen LogP contribution in [0.4, 0.5) is 5.00 Å². The fourth-order valence-electron chi connectivity index (χ4n) is 0.730. The smallest absolute Gasteiger partial charge is 0.242 e. The number of carbonyl (C=O) groups is 1. The van der Waals surface area contributed by atoms with Crippen LogP contribution in [0.2, 0.25) is 0 Å². The van der Waals surface area contributed by atoms with Gasteiger partial charge in [0, 0.05) is 11.5 Å². The van der Waals surface area contributed by atoms with Crippen molar-refractivity contribution < 1.29 is 4.79 Å². The number of nitrogens with zero attached hydrogens (tertiary/aromatic N) is 2. The summed E-state index contributed by atoms with van der Waals surface area (Å²) in [5.41, 5.74) is 5.63. The number of aromatic nitrogens is 2. The Bertz CT molecular complexity index is 272. The van der Waals surface area contributed by atoms with Gasteiger partial charge in [-0.2, -0.15) is 0 Å². The Labute approximate surface area is 80.5 Å². The molecule has 0 bridgehead atoms. The van der Waals surface area contributed by atoms with Crippen molar-refractivity contribution in [3.63, 3.8) is 0 Å². The molecule has 0 aromatic carbocycles. The summed E-state index contributed by atoms with van der Waals surface area (Å²) in [6.07, 6.45) is 1.50. The van der Waals surface area contributed by atoms with Crippen molar-refractivity contribution >= 4 is 22.4 Å². The van der Waals surface area contributed by atoms with E-state index in [1.807, 2.05) is 13.8 Å². The van der Waals surface area contributed by atoms with Crippen molar-refractivity contribution in [1.82, 2.24) is 9.59 Å². The summed E-state index contributed by atoms with van der Waals surface area (Å²) < 4.78 is 3.62. The fraction of sp³-hybridized carbons (Fsp3) is 0.571. The molecule has 1 amide bonds. The molecular weight excluding hydrogens is 188 g/mol. The molecule has 0 radical (unpaired) electrons. The third-order valence-corrected chi connectivity index (χ3v) is 2.21. The van der Waals surface area contributed by atoms with Gasteiger partial charge in [-0.1, -0.05) is 18.3 Å². The van der Waals surface area contributed by atoms with Crippen LogP contribution in [-0.2, 0) is 4.79 Å². The summed E-state index contributed by atoms with van der Waals surface area (Å²) in [4.78, 5) is 11.4. The van der Waals surface area contributed by atoms with Crippen molar-refractivity contribution in [2.24, 2.45) is 11.7 Å². The quantitative estimate of drug-likeness (QED) is 0.742. The third kappa shape index (κ3) is 2.74. The highest BCUT2D eigenvalue weighted by molar-refractivity contribution is 7.10. The van der Waals surface area contributed by atoms with Gasteiger partial charge in [0.1, 0.15) is 5.00 Å². The average Bonchev–Trinajstić information content (AvgIpc) is 2.55. The van der Waals surface area contributed by atoms with Crippen LogP contribution in [0.25, 0.3) is 0 Å². The summed E-state index contributed by atoms with van der Waals surface area (Å²) in [5.74, 6) is -0.0677. The minimum absolute atomic E-state index is 0.126. The van der Waals surface area contributed by atoms with Gasteiger partial charge in [-0.15, -0.1) is 5.10 Å². The molecule has 0 unspecified atom stereocenters. The van der Waals surface area contributed by atoms with Gasteiger partial charge in [-0.25, -0.2) is 0 Å². The molecule has 0 fully saturated rings. The van der Waals surface area contributed by atoms with E-state index in [0.717, 1.165) is 11.5 Å². The second-order valence-corrected chi connectivity index (χ2v) is 3.83. The zero-order valence-corrected chi connectivity index (χ0v) is 8.34. The summed E-state index contributed by atoms with van der Waals surface area (Å²) in [6, 6.07) is -0.484. The first-order valence-corrected chi connectivity index (χ1v) is 4.72. The van der Waals surface area contributed by atoms with Crippen LogP contribution in [-0.4, -0.2) is 21.5 Å². The highest BCUT2D eigenvalue weighted by atomic mass is 32.1. The summed E-state index contributed by atoms with van der Waals surface area (Å²) >= 11 is 1.13. The van der Waals surface area contributed by atoms with E-state index in [9.17, 15) is 4.79 Å². The first kappa shape index (κ1) is 10.1. The Kier molecular flexibility index (Phi) is 3.32. The predicted molar refractivity (Wildman–Crippen MR) is 51.4 cm³/mol. The van der Waals surface area contributed by atoms with Crippen molar-refractivity contribution in [3.8, 4) is 0 Å². The Morgan fingerprint density at radius 1 is 1.69 bits per heavy atom.